The minimum absolute atomic E-state index is 0.239. The number of nitrogens with zero attached hydrogens (tertiary/aromatic N) is 2. The SMILES string of the molecule is Cc1ccc(Cl)c(NCc2nc(C(C)C)no2)c1Cl. The zero-order valence-corrected chi connectivity index (χ0v) is 12.5. The van der Waals surface area contributed by atoms with Crippen LogP contribution < -0.4 is 5.32 Å². The minimum atomic E-state index is 0.239. The molecule has 1 heterocycles. The molecule has 2 rings (SSSR count). The van der Waals surface area contributed by atoms with Crippen molar-refractivity contribution in [3.05, 3.63) is 39.5 Å². The monoisotopic (exact) mass is 299 g/mol. The van der Waals surface area contributed by atoms with Crippen LogP contribution in [-0.4, -0.2) is 10.1 Å². The molecule has 0 atom stereocenters. The van der Waals surface area contributed by atoms with E-state index in [0.717, 1.165) is 5.56 Å². The Morgan fingerprint density at radius 1 is 1.32 bits per heavy atom. The summed E-state index contributed by atoms with van der Waals surface area (Å²) in [5.74, 6) is 1.44. The number of aryl methyl sites for hydroxylation is 1. The quantitative estimate of drug-likeness (QED) is 0.908. The molecule has 0 spiro atoms. The lowest BCUT2D eigenvalue weighted by Crippen LogP contribution is -2.02. The summed E-state index contributed by atoms with van der Waals surface area (Å²) in [6.07, 6.45) is 0. The van der Waals surface area contributed by atoms with Crippen LogP contribution in [-0.2, 0) is 6.54 Å². The number of hydrogen-bond donors (Lipinski definition) is 1. The van der Waals surface area contributed by atoms with Crippen molar-refractivity contribution in [3.63, 3.8) is 0 Å². The standard InChI is InChI=1S/C13H15Cl2N3O/c1-7(2)13-17-10(19-18-13)6-16-12-9(14)5-4-8(3)11(12)15/h4-5,7,16H,6H2,1-3H3. The summed E-state index contributed by atoms with van der Waals surface area (Å²) in [7, 11) is 0. The van der Waals surface area contributed by atoms with E-state index in [9.17, 15) is 0 Å². The fourth-order valence-corrected chi connectivity index (χ4v) is 2.06. The van der Waals surface area contributed by atoms with Crippen LogP contribution in [0.5, 0.6) is 0 Å². The summed E-state index contributed by atoms with van der Waals surface area (Å²) in [5.41, 5.74) is 1.65. The second-order valence-electron chi connectivity index (χ2n) is 4.61. The van der Waals surface area contributed by atoms with Crippen molar-refractivity contribution in [1.29, 1.82) is 0 Å². The highest BCUT2D eigenvalue weighted by atomic mass is 35.5. The van der Waals surface area contributed by atoms with Crippen molar-refractivity contribution in [2.24, 2.45) is 0 Å². The molecule has 0 amide bonds. The van der Waals surface area contributed by atoms with Crippen LogP contribution in [0.3, 0.4) is 0 Å². The molecule has 1 N–H and O–H groups in total. The smallest absolute Gasteiger partial charge is 0.245 e. The first-order valence-electron chi connectivity index (χ1n) is 6.00. The lowest BCUT2D eigenvalue weighted by molar-refractivity contribution is 0.376. The minimum Gasteiger partial charge on any atom is -0.374 e. The average Bonchev–Trinajstić information content (AvgIpc) is 2.83. The molecule has 0 saturated carbocycles. The van der Waals surface area contributed by atoms with Gasteiger partial charge < -0.3 is 9.84 Å². The Kier molecular flexibility index (Phi) is 4.32. The molecule has 19 heavy (non-hydrogen) atoms. The zero-order chi connectivity index (χ0) is 14.0. The molecule has 1 aromatic carbocycles. The molecule has 4 nitrogen and oxygen atoms in total. The second kappa shape index (κ2) is 5.80. The van der Waals surface area contributed by atoms with Gasteiger partial charge in [-0.1, -0.05) is 48.3 Å². The van der Waals surface area contributed by atoms with E-state index in [-0.39, 0.29) is 5.92 Å². The molecule has 2 aromatic rings. The van der Waals surface area contributed by atoms with Crippen molar-refractivity contribution in [2.75, 3.05) is 5.32 Å². The van der Waals surface area contributed by atoms with E-state index in [4.69, 9.17) is 27.7 Å². The molecular weight excluding hydrogens is 285 g/mol. The van der Waals surface area contributed by atoms with Gasteiger partial charge in [-0.3, -0.25) is 0 Å². The third-order valence-electron chi connectivity index (χ3n) is 2.70. The third-order valence-corrected chi connectivity index (χ3v) is 3.50. The van der Waals surface area contributed by atoms with Crippen molar-refractivity contribution in [1.82, 2.24) is 10.1 Å². The molecule has 0 saturated heterocycles. The highest BCUT2D eigenvalue weighted by Gasteiger charge is 2.12. The summed E-state index contributed by atoms with van der Waals surface area (Å²) in [5, 5.41) is 8.20. The highest BCUT2D eigenvalue weighted by molar-refractivity contribution is 6.39. The summed E-state index contributed by atoms with van der Waals surface area (Å²) in [4.78, 5) is 4.28. The van der Waals surface area contributed by atoms with Gasteiger partial charge in [-0.15, -0.1) is 0 Å². The van der Waals surface area contributed by atoms with Crippen molar-refractivity contribution in [2.45, 2.75) is 33.2 Å². The van der Waals surface area contributed by atoms with Crippen LogP contribution in [0.4, 0.5) is 5.69 Å². The van der Waals surface area contributed by atoms with Gasteiger partial charge in [0.2, 0.25) is 5.89 Å². The normalized spacial score (nSPS) is 11.1. The van der Waals surface area contributed by atoms with Gasteiger partial charge in [0.05, 0.1) is 22.3 Å². The Labute approximate surface area is 122 Å². The highest BCUT2D eigenvalue weighted by Crippen LogP contribution is 2.33. The van der Waals surface area contributed by atoms with E-state index in [2.05, 4.69) is 15.5 Å². The van der Waals surface area contributed by atoms with Gasteiger partial charge in [-0.25, -0.2) is 0 Å². The first-order chi connectivity index (χ1) is 8.99. The number of halogens is 2. The number of benzene rings is 1. The van der Waals surface area contributed by atoms with E-state index < -0.39 is 0 Å². The van der Waals surface area contributed by atoms with Crippen molar-refractivity contribution >= 4 is 28.9 Å². The summed E-state index contributed by atoms with van der Waals surface area (Å²) in [6, 6.07) is 3.68. The molecular formula is C13H15Cl2N3O. The fourth-order valence-electron chi connectivity index (χ4n) is 1.56. The maximum atomic E-state index is 6.21. The number of rotatable bonds is 4. The second-order valence-corrected chi connectivity index (χ2v) is 5.39. The van der Waals surface area contributed by atoms with Crippen LogP contribution in [0.1, 0.15) is 37.0 Å². The largest absolute Gasteiger partial charge is 0.374 e. The van der Waals surface area contributed by atoms with Gasteiger partial charge in [-0.2, -0.15) is 4.98 Å². The Balaban J connectivity index is 2.12. The summed E-state index contributed by atoms with van der Waals surface area (Å²) >= 11 is 12.3. The first kappa shape index (κ1) is 14.2. The molecule has 102 valence electrons. The van der Waals surface area contributed by atoms with Gasteiger partial charge in [0.25, 0.3) is 0 Å². The van der Waals surface area contributed by atoms with Crippen LogP contribution in [0.25, 0.3) is 0 Å². The molecule has 0 radical (unpaired) electrons. The van der Waals surface area contributed by atoms with Crippen LogP contribution in [0.2, 0.25) is 10.0 Å². The van der Waals surface area contributed by atoms with Crippen LogP contribution in [0.15, 0.2) is 16.7 Å². The van der Waals surface area contributed by atoms with Gasteiger partial charge >= 0.3 is 0 Å². The molecule has 0 aliphatic rings. The Hall–Kier alpha value is -1.26. The van der Waals surface area contributed by atoms with Gasteiger partial charge in [-0.05, 0) is 18.6 Å². The molecule has 0 aliphatic carbocycles. The first-order valence-corrected chi connectivity index (χ1v) is 6.75. The Morgan fingerprint density at radius 3 is 2.68 bits per heavy atom. The maximum absolute atomic E-state index is 6.21. The van der Waals surface area contributed by atoms with E-state index in [1.807, 2.05) is 26.8 Å². The van der Waals surface area contributed by atoms with Crippen molar-refractivity contribution in [3.8, 4) is 0 Å². The van der Waals surface area contributed by atoms with Crippen LogP contribution >= 0.6 is 23.2 Å². The lowest BCUT2D eigenvalue weighted by Gasteiger charge is -2.10. The Bertz CT molecular complexity index is 581. The Morgan fingerprint density at radius 2 is 2.05 bits per heavy atom. The summed E-state index contributed by atoms with van der Waals surface area (Å²) in [6.45, 7) is 6.34. The van der Waals surface area contributed by atoms with Gasteiger partial charge in [0, 0.05) is 5.92 Å². The maximum Gasteiger partial charge on any atom is 0.245 e. The predicted octanol–water partition coefficient (Wildman–Crippen LogP) is 4.42. The molecule has 0 bridgehead atoms. The third kappa shape index (κ3) is 3.19. The van der Waals surface area contributed by atoms with Gasteiger partial charge in [0.15, 0.2) is 5.82 Å². The van der Waals surface area contributed by atoms with Crippen LogP contribution in [0, 0.1) is 6.92 Å². The van der Waals surface area contributed by atoms with E-state index in [1.165, 1.54) is 0 Å². The number of aromatic nitrogens is 2. The molecule has 0 aliphatic heterocycles. The predicted molar refractivity (Wildman–Crippen MR) is 76.9 cm³/mol. The number of nitrogens with one attached hydrogen (secondary N) is 1. The van der Waals surface area contributed by atoms with Crippen molar-refractivity contribution < 1.29 is 4.52 Å². The number of anilines is 1. The topological polar surface area (TPSA) is 51.0 Å². The zero-order valence-electron chi connectivity index (χ0n) is 11.0. The van der Waals surface area contributed by atoms with E-state index in [1.54, 1.807) is 6.07 Å². The van der Waals surface area contributed by atoms with E-state index in [0.29, 0.717) is 34.0 Å². The number of hydrogen-bond acceptors (Lipinski definition) is 4. The summed E-state index contributed by atoms with van der Waals surface area (Å²) < 4.78 is 5.15. The lowest BCUT2D eigenvalue weighted by atomic mass is 10.2. The fraction of sp³-hybridized carbons (Fsp3) is 0.385. The van der Waals surface area contributed by atoms with E-state index >= 15 is 0 Å². The van der Waals surface area contributed by atoms with Gasteiger partial charge in [0.1, 0.15) is 0 Å². The molecule has 0 unspecified atom stereocenters. The molecule has 6 heteroatoms. The average molecular weight is 300 g/mol. The molecule has 1 aromatic heterocycles. The molecule has 0 fully saturated rings.